The van der Waals surface area contributed by atoms with Crippen molar-refractivity contribution < 1.29 is 27.6 Å². The van der Waals surface area contributed by atoms with Crippen LogP contribution >= 0.6 is 0 Å². The number of hydrogen-bond acceptors (Lipinski definition) is 5. The van der Waals surface area contributed by atoms with E-state index in [0.717, 1.165) is 18.9 Å². The molecule has 3 amide bonds. The molecule has 188 valence electrons. The predicted octanol–water partition coefficient (Wildman–Crippen LogP) is 2.18. The van der Waals surface area contributed by atoms with Crippen LogP contribution in [0.1, 0.15) is 50.2 Å². The monoisotopic (exact) mass is 491 g/mol. The first kappa shape index (κ1) is 24.8. The molecule has 35 heavy (non-hydrogen) atoms. The molecule has 1 saturated carbocycles. The topological polar surface area (TPSA) is 106 Å². The van der Waals surface area contributed by atoms with Gasteiger partial charge in [0.2, 0.25) is 17.7 Å². The van der Waals surface area contributed by atoms with Crippen molar-refractivity contribution in [3.05, 3.63) is 29.3 Å². The Bertz CT molecular complexity index is 1060. The van der Waals surface area contributed by atoms with Crippen LogP contribution in [0.2, 0.25) is 0 Å². The van der Waals surface area contributed by atoms with Crippen LogP contribution < -0.4 is 15.5 Å². The molecule has 11 heteroatoms. The highest BCUT2D eigenvalue weighted by atomic mass is 19.4. The van der Waals surface area contributed by atoms with Gasteiger partial charge in [-0.1, -0.05) is 0 Å². The van der Waals surface area contributed by atoms with E-state index < -0.39 is 23.3 Å². The zero-order valence-electron chi connectivity index (χ0n) is 19.5. The molecule has 8 nitrogen and oxygen atoms in total. The minimum atomic E-state index is -4.62. The Kier molecular flexibility index (Phi) is 6.66. The Morgan fingerprint density at radius 2 is 1.89 bits per heavy atom. The van der Waals surface area contributed by atoms with E-state index in [4.69, 9.17) is 5.26 Å². The Labute approximate surface area is 201 Å². The summed E-state index contributed by atoms with van der Waals surface area (Å²) in [6.45, 7) is 2.43. The number of nitrogens with zero attached hydrogens (tertiary/aromatic N) is 3. The van der Waals surface area contributed by atoms with E-state index in [2.05, 4.69) is 10.6 Å². The van der Waals surface area contributed by atoms with E-state index >= 15 is 0 Å². The molecule has 1 unspecified atom stereocenters. The Balaban J connectivity index is 1.48. The molecule has 0 aromatic heterocycles. The fraction of sp³-hybridized carbons (Fsp3) is 0.583. The lowest BCUT2D eigenvalue weighted by Gasteiger charge is -2.40. The van der Waals surface area contributed by atoms with E-state index in [0.29, 0.717) is 44.6 Å². The van der Waals surface area contributed by atoms with Crippen molar-refractivity contribution in [3.63, 3.8) is 0 Å². The van der Waals surface area contributed by atoms with Gasteiger partial charge >= 0.3 is 6.18 Å². The minimum Gasteiger partial charge on any atom is -0.371 e. The number of anilines is 1. The maximum absolute atomic E-state index is 13.4. The Morgan fingerprint density at radius 1 is 1.20 bits per heavy atom. The average molecular weight is 492 g/mol. The van der Waals surface area contributed by atoms with Gasteiger partial charge in [-0.3, -0.25) is 14.4 Å². The molecule has 2 aliphatic heterocycles. The van der Waals surface area contributed by atoms with E-state index in [1.54, 1.807) is 11.0 Å². The van der Waals surface area contributed by atoms with Crippen LogP contribution in [-0.2, 0) is 20.6 Å². The van der Waals surface area contributed by atoms with Crippen molar-refractivity contribution in [1.82, 2.24) is 15.5 Å². The quantitative estimate of drug-likeness (QED) is 0.657. The summed E-state index contributed by atoms with van der Waals surface area (Å²) in [4.78, 5) is 40.4. The standard InChI is InChI=1S/C24H28F3N5O3/c1-15(33)29-13-21(34)32-14-23(11-20(32)22(35)30-17-3-4-17)6-8-31(9-7-23)18-5-2-16(12-28)19(10-18)24(25,26)27/h2,5,10,17,20H,3-4,6-9,11,13-14H2,1H3,(H,29,33)(H,30,35). The van der Waals surface area contributed by atoms with Gasteiger partial charge in [-0.2, -0.15) is 18.4 Å². The van der Waals surface area contributed by atoms with Crippen molar-refractivity contribution in [1.29, 1.82) is 5.26 Å². The normalized spacial score (nSPS) is 21.5. The molecule has 4 rings (SSSR count). The number of carbonyl (C=O) groups is 3. The molecular formula is C24H28F3N5O3. The SMILES string of the molecule is CC(=O)NCC(=O)N1CC2(CCN(c3ccc(C#N)c(C(F)(F)F)c3)CC2)CC1C(=O)NC1CC1. The number of likely N-dealkylation sites (tertiary alicyclic amines) is 1. The van der Waals surface area contributed by atoms with Crippen molar-refractivity contribution in [3.8, 4) is 6.07 Å². The molecular weight excluding hydrogens is 463 g/mol. The van der Waals surface area contributed by atoms with Gasteiger partial charge in [0.15, 0.2) is 0 Å². The van der Waals surface area contributed by atoms with Gasteiger partial charge < -0.3 is 20.4 Å². The lowest BCUT2D eigenvalue weighted by molar-refractivity contribution is -0.138. The summed E-state index contributed by atoms with van der Waals surface area (Å²) in [5.74, 6) is -0.845. The third-order valence-corrected chi connectivity index (χ3v) is 7.16. The summed E-state index contributed by atoms with van der Waals surface area (Å²) in [6, 6.07) is 4.84. The number of hydrogen-bond donors (Lipinski definition) is 2. The smallest absolute Gasteiger partial charge is 0.371 e. The van der Waals surface area contributed by atoms with Crippen LogP contribution in [-0.4, -0.2) is 60.9 Å². The van der Waals surface area contributed by atoms with Gasteiger partial charge in [0.1, 0.15) is 6.04 Å². The van der Waals surface area contributed by atoms with E-state index in [1.807, 2.05) is 4.90 Å². The lowest BCUT2D eigenvalue weighted by Crippen LogP contribution is -2.49. The van der Waals surface area contributed by atoms with Crippen molar-refractivity contribution in [2.45, 2.75) is 57.3 Å². The van der Waals surface area contributed by atoms with Crippen LogP contribution in [0, 0.1) is 16.7 Å². The van der Waals surface area contributed by atoms with Crippen LogP contribution in [0.15, 0.2) is 18.2 Å². The second-order valence-electron chi connectivity index (χ2n) is 9.76. The summed E-state index contributed by atoms with van der Waals surface area (Å²) in [7, 11) is 0. The van der Waals surface area contributed by atoms with Crippen LogP contribution in [0.5, 0.6) is 0 Å². The summed E-state index contributed by atoms with van der Waals surface area (Å²) >= 11 is 0. The molecule has 2 heterocycles. The van der Waals surface area contributed by atoms with Crippen LogP contribution in [0.25, 0.3) is 0 Å². The molecule has 1 aromatic carbocycles. The number of piperidine rings is 1. The van der Waals surface area contributed by atoms with Crippen LogP contribution in [0.4, 0.5) is 18.9 Å². The molecule has 2 N–H and O–H groups in total. The summed E-state index contributed by atoms with van der Waals surface area (Å²) in [5, 5.41) is 14.5. The molecule has 3 aliphatic rings. The molecule has 3 fully saturated rings. The number of halogens is 3. The molecule has 1 aromatic rings. The molecule has 1 atom stereocenters. The molecule has 0 radical (unpaired) electrons. The fourth-order valence-corrected chi connectivity index (χ4v) is 5.04. The minimum absolute atomic E-state index is 0.146. The molecule has 1 spiro atoms. The second-order valence-corrected chi connectivity index (χ2v) is 9.76. The van der Waals surface area contributed by atoms with E-state index in [1.165, 1.54) is 19.1 Å². The Hall–Kier alpha value is -3.29. The van der Waals surface area contributed by atoms with Gasteiger partial charge in [0.05, 0.1) is 23.7 Å². The molecule has 0 bridgehead atoms. The molecule has 1 aliphatic carbocycles. The number of alkyl halides is 3. The first-order chi connectivity index (χ1) is 16.5. The largest absolute Gasteiger partial charge is 0.417 e. The van der Waals surface area contributed by atoms with Crippen molar-refractivity contribution in [2.75, 3.05) is 31.1 Å². The molecule has 2 saturated heterocycles. The maximum atomic E-state index is 13.4. The summed E-state index contributed by atoms with van der Waals surface area (Å²) in [6.07, 6.45) is -1.10. The number of nitrogens with one attached hydrogen (secondary N) is 2. The third-order valence-electron chi connectivity index (χ3n) is 7.16. The average Bonchev–Trinajstić information content (AvgIpc) is 3.55. The number of benzene rings is 1. The summed E-state index contributed by atoms with van der Waals surface area (Å²) in [5.41, 5.74) is -1.30. The zero-order chi connectivity index (χ0) is 25.4. The van der Waals surface area contributed by atoms with Gasteiger partial charge in [0.25, 0.3) is 0 Å². The number of nitriles is 1. The van der Waals surface area contributed by atoms with Gasteiger partial charge in [0, 0.05) is 38.3 Å². The maximum Gasteiger partial charge on any atom is 0.417 e. The van der Waals surface area contributed by atoms with Crippen molar-refractivity contribution in [2.24, 2.45) is 5.41 Å². The van der Waals surface area contributed by atoms with E-state index in [-0.39, 0.29) is 35.7 Å². The van der Waals surface area contributed by atoms with E-state index in [9.17, 15) is 27.6 Å². The summed E-state index contributed by atoms with van der Waals surface area (Å²) < 4.78 is 40.2. The first-order valence-corrected chi connectivity index (χ1v) is 11.7. The Morgan fingerprint density at radius 3 is 2.46 bits per heavy atom. The number of amides is 3. The fourth-order valence-electron chi connectivity index (χ4n) is 5.04. The highest BCUT2D eigenvalue weighted by molar-refractivity contribution is 5.90. The van der Waals surface area contributed by atoms with Crippen molar-refractivity contribution >= 4 is 23.4 Å². The lowest BCUT2D eigenvalue weighted by atomic mass is 9.76. The van der Waals surface area contributed by atoms with Gasteiger partial charge in [-0.25, -0.2) is 0 Å². The van der Waals surface area contributed by atoms with Gasteiger partial charge in [-0.15, -0.1) is 0 Å². The highest BCUT2D eigenvalue weighted by Gasteiger charge is 2.50. The number of carbonyl (C=O) groups excluding carboxylic acids is 3. The first-order valence-electron chi connectivity index (χ1n) is 11.7. The van der Waals surface area contributed by atoms with Crippen LogP contribution in [0.3, 0.4) is 0 Å². The predicted molar refractivity (Wildman–Crippen MR) is 120 cm³/mol. The number of rotatable bonds is 5. The third kappa shape index (κ3) is 5.52. The second kappa shape index (κ2) is 9.40. The highest BCUT2D eigenvalue weighted by Crippen LogP contribution is 2.45. The van der Waals surface area contributed by atoms with Gasteiger partial charge in [-0.05, 0) is 55.7 Å². The zero-order valence-corrected chi connectivity index (χ0v) is 19.5.